The normalized spacial score (nSPS) is 12.7. The second-order valence-corrected chi connectivity index (χ2v) is 23.5. The van der Waals surface area contributed by atoms with E-state index in [2.05, 4.69) is 43.5 Å². The number of aliphatic hydroxyl groups is 2. The first-order chi connectivity index (χ1) is 37.5. The maximum absolute atomic E-state index is 12.4. The minimum Gasteiger partial charge on any atom is -0.466 e. The summed E-state index contributed by atoms with van der Waals surface area (Å²) >= 11 is 0. The number of nitrogens with one attached hydrogen (secondary N) is 1. The van der Waals surface area contributed by atoms with Crippen molar-refractivity contribution in [3.8, 4) is 0 Å². The van der Waals surface area contributed by atoms with Crippen LogP contribution in [0.2, 0.25) is 0 Å². The molecule has 0 spiro atoms. The molecule has 0 bridgehead atoms. The van der Waals surface area contributed by atoms with Crippen molar-refractivity contribution in [1.82, 2.24) is 5.32 Å². The fourth-order valence-electron chi connectivity index (χ4n) is 10.7. The standard InChI is InChI=1S/C70H133NO5/c1-3-5-7-9-11-13-14-15-37-41-44-48-52-56-60-64-70(75)76-65-61-57-53-49-45-42-39-36-34-32-30-28-26-24-22-20-18-16-17-19-21-23-25-27-29-31-33-35-38-40-43-47-51-55-59-63-69(74)71-67(66-72)68(73)62-58-54-50-46-12-10-8-6-4-2/h11,13,15,37,58,62,67-68,72-73H,3-10,12,14,16-36,38-57,59-61,63-66H2,1-2H3,(H,71,74)/b13-11-,37-15-,62-58+. The summed E-state index contributed by atoms with van der Waals surface area (Å²) in [6.07, 6.45) is 83.9. The van der Waals surface area contributed by atoms with Gasteiger partial charge in [0.15, 0.2) is 0 Å². The average molecular weight is 1070 g/mol. The first-order valence-corrected chi connectivity index (χ1v) is 34.3. The van der Waals surface area contributed by atoms with Crippen LogP contribution in [0.1, 0.15) is 373 Å². The summed E-state index contributed by atoms with van der Waals surface area (Å²) in [5.74, 6) is -0.0560. The highest BCUT2D eigenvalue weighted by molar-refractivity contribution is 5.76. The van der Waals surface area contributed by atoms with Gasteiger partial charge in [-0.2, -0.15) is 0 Å². The smallest absolute Gasteiger partial charge is 0.305 e. The van der Waals surface area contributed by atoms with Crippen LogP contribution in [-0.4, -0.2) is 47.4 Å². The average Bonchev–Trinajstić information content (AvgIpc) is 3.42. The second kappa shape index (κ2) is 65.6. The molecule has 0 radical (unpaired) electrons. The summed E-state index contributed by atoms with van der Waals surface area (Å²) < 4.78 is 5.49. The number of esters is 1. The Kier molecular flexibility index (Phi) is 63.9. The lowest BCUT2D eigenvalue weighted by molar-refractivity contribution is -0.143. The van der Waals surface area contributed by atoms with Crippen molar-refractivity contribution in [2.24, 2.45) is 0 Å². The summed E-state index contributed by atoms with van der Waals surface area (Å²) in [6, 6.07) is -0.621. The van der Waals surface area contributed by atoms with Crippen molar-refractivity contribution in [2.45, 2.75) is 386 Å². The molecule has 0 aromatic carbocycles. The number of unbranched alkanes of at least 4 members (excludes halogenated alkanes) is 49. The Morgan fingerprint density at radius 1 is 0.368 bits per heavy atom. The number of hydrogen-bond donors (Lipinski definition) is 3. The van der Waals surface area contributed by atoms with Crippen LogP contribution in [0.4, 0.5) is 0 Å². The Bertz CT molecular complexity index is 1230. The molecule has 0 fully saturated rings. The van der Waals surface area contributed by atoms with E-state index in [1.807, 2.05) is 6.08 Å². The van der Waals surface area contributed by atoms with Crippen LogP contribution in [0.5, 0.6) is 0 Å². The summed E-state index contributed by atoms with van der Waals surface area (Å²) in [4.78, 5) is 24.5. The molecule has 6 nitrogen and oxygen atoms in total. The number of allylic oxidation sites excluding steroid dienone is 5. The Labute approximate surface area is 474 Å². The number of amides is 1. The molecular weight excluding hydrogens is 935 g/mol. The monoisotopic (exact) mass is 1070 g/mol. The first kappa shape index (κ1) is 74.1. The van der Waals surface area contributed by atoms with Gasteiger partial charge in [-0.3, -0.25) is 9.59 Å². The van der Waals surface area contributed by atoms with Gasteiger partial charge in [0.2, 0.25) is 5.91 Å². The number of carbonyl (C=O) groups excluding carboxylic acids is 2. The molecule has 0 aliphatic heterocycles. The van der Waals surface area contributed by atoms with Crippen LogP contribution < -0.4 is 5.32 Å². The van der Waals surface area contributed by atoms with Crippen molar-refractivity contribution < 1.29 is 24.5 Å². The van der Waals surface area contributed by atoms with E-state index in [0.717, 1.165) is 51.4 Å². The molecule has 2 unspecified atom stereocenters. The van der Waals surface area contributed by atoms with Gasteiger partial charge in [-0.1, -0.05) is 333 Å². The number of ether oxygens (including phenoxy) is 1. The van der Waals surface area contributed by atoms with Gasteiger partial charge < -0.3 is 20.3 Å². The maximum atomic E-state index is 12.4. The molecule has 0 aromatic heterocycles. The highest BCUT2D eigenvalue weighted by Gasteiger charge is 2.18. The van der Waals surface area contributed by atoms with E-state index in [4.69, 9.17) is 4.74 Å². The number of hydrogen-bond acceptors (Lipinski definition) is 5. The Balaban J connectivity index is 3.29. The van der Waals surface area contributed by atoms with Gasteiger partial charge >= 0.3 is 5.97 Å². The third-order valence-corrected chi connectivity index (χ3v) is 15.9. The second-order valence-electron chi connectivity index (χ2n) is 23.5. The molecule has 2 atom stereocenters. The zero-order chi connectivity index (χ0) is 55.0. The van der Waals surface area contributed by atoms with Crippen LogP contribution in [-0.2, 0) is 14.3 Å². The summed E-state index contributed by atoms with van der Waals surface area (Å²) in [5, 5.41) is 23.0. The van der Waals surface area contributed by atoms with Crippen LogP contribution >= 0.6 is 0 Å². The van der Waals surface area contributed by atoms with E-state index in [1.54, 1.807) is 6.08 Å². The molecule has 0 saturated carbocycles. The van der Waals surface area contributed by atoms with Crippen molar-refractivity contribution in [3.63, 3.8) is 0 Å². The molecule has 3 N–H and O–H groups in total. The Morgan fingerprint density at radius 2 is 0.658 bits per heavy atom. The Morgan fingerprint density at radius 3 is 1.03 bits per heavy atom. The topological polar surface area (TPSA) is 95.9 Å². The van der Waals surface area contributed by atoms with Crippen molar-refractivity contribution in [3.05, 3.63) is 36.5 Å². The van der Waals surface area contributed by atoms with Crippen LogP contribution in [0.15, 0.2) is 36.5 Å². The van der Waals surface area contributed by atoms with Gasteiger partial charge in [0.25, 0.3) is 0 Å². The lowest BCUT2D eigenvalue weighted by atomic mass is 10.0. The molecule has 0 aromatic rings. The van der Waals surface area contributed by atoms with Crippen LogP contribution in [0.25, 0.3) is 0 Å². The third kappa shape index (κ3) is 61.3. The molecular formula is C70H133NO5. The van der Waals surface area contributed by atoms with E-state index in [1.165, 1.54) is 295 Å². The van der Waals surface area contributed by atoms with Crippen LogP contribution in [0.3, 0.4) is 0 Å². The largest absolute Gasteiger partial charge is 0.466 e. The van der Waals surface area contributed by atoms with E-state index in [9.17, 15) is 19.8 Å². The van der Waals surface area contributed by atoms with Gasteiger partial charge in [0.05, 0.1) is 25.4 Å². The van der Waals surface area contributed by atoms with E-state index < -0.39 is 12.1 Å². The predicted molar refractivity (Wildman–Crippen MR) is 333 cm³/mol. The van der Waals surface area contributed by atoms with Gasteiger partial charge in [-0.25, -0.2) is 0 Å². The number of aliphatic hydroxyl groups excluding tert-OH is 2. The molecule has 448 valence electrons. The molecule has 0 aliphatic carbocycles. The lowest BCUT2D eigenvalue weighted by Crippen LogP contribution is -2.45. The van der Waals surface area contributed by atoms with E-state index in [-0.39, 0.29) is 18.5 Å². The minimum absolute atomic E-state index is 0.00835. The molecule has 0 rings (SSSR count). The Hall–Kier alpha value is -1.92. The van der Waals surface area contributed by atoms with Crippen LogP contribution in [0, 0.1) is 0 Å². The highest BCUT2D eigenvalue weighted by atomic mass is 16.5. The third-order valence-electron chi connectivity index (χ3n) is 15.9. The quantitative estimate of drug-likeness (QED) is 0.0320. The van der Waals surface area contributed by atoms with Crippen molar-refractivity contribution >= 4 is 11.9 Å². The maximum Gasteiger partial charge on any atom is 0.305 e. The zero-order valence-corrected chi connectivity index (χ0v) is 51.3. The number of carbonyl (C=O) groups is 2. The lowest BCUT2D eigenvalue weighted by Gasteiger charge is -2.20. The fourth-order valence-corrected chi connectivity index (χ4v) is 10.7. The molecule has 0 heterocycles. The van der Waals surface area contributed by atoms with Gasteiger partial charge in [-0.15, -0.1) is 0 Å². The zero-order valence-electron chi connectivity index (χ0n) is 51.3. The van der Waals surface area contributed by atoms with E-state index in [0.29, 0.717) is 19.4 Å². The molecule has 0 saturated heterocycles. The molecule has 76 heavy (non-hydrogen) atoms. The first-order valence-electron chi connectivity index (χ1n) is 34.3. The summed E-state index contributed by atoms with van der Waals surface area (Å²) in [7, 11) is 0. The van der Waals surface area contributed by atoms with Gasteiger partial charge in [-0.05, 0) is 64.2 Å². The summed E-state index contributed by atoms with van der Waals surface area (Å²) in [5.41, 5.74) is 0. The summed E-state index contributed by atoms with van der Waals surface area (Å²) in [6.45, 7) is 4.87. The number of rotatable bonds is 64. The highest BCUT2D eigenvalue weighted by Crippen LogP contribution is 2.19. The predicted octanol–water partition coefficient (Wildman–Crippen LogP) is 21.9. The molecule has 6 heteroatoms. The fraction of sp³-hybridized carbons (Fsp3) is 0.886. The molecule has 0 aliphatic rings. The van der Waals surface area contributed by atoms with E-state index >= 15 is 0 Å². The minimum atomic E-state index is -0.838. The molecule has 1 amide bonds. The van der Waals surface area contributed by atoms with Crippen molar-refractivity contribution in [2.75, 3.05) is 13.2 Å². The van der Waals surface area contributed by atoms with Gasteiger partial charge in [0.1, 0.15) is 0 Å². The SMILES string of the molecule is CCCCC/C=C\C/C=C\CCCCCCCC(=O)OCCCCCCCCCCCCCCCCCCCCCCCCCCCCCCCCCCCCCC(=O)NC(CO)C(O)/C=C/CCCCCCCCC. The van der Waals surface area contributed by atoms with Crippen molar-refractivity contribution in [1.29, 1.82) is 0 Å². The van der Waals surface area contributed by atoms with Gasteiger partial charge in [0, 0.05) is 12.8 Å².